The number of H-pyrrole nitrogens is 1. The fourth-order valence-corrected chi connectivity index (χ4v) is 1.87. The first-order valence-corrected chi connectivity index (χ1v) is 6.03. The molecule has 3 aromatic rings. The molecule has 1 aromatic carbocycles. The number of alkyl halides is 3. The van der Waals surface area contributed by atoms with E-state index in [1.165, 1.54) is 18.3 Å². The van der Waals surface area contributed by atoms with E-state index in [-0.39, 0.29) is 16.9 Å². The summed E-state index contributed by atoms with van der Waals surface area (Å²) < 4.78 is 43.3. The van der Waals surface area contributed by atoms with Crippen molar-refractivity contribution in [1.29, 1.82) is 0 Å². The topological polar surface area (TPSA) is 63.7 Å². The molecule has 5 nitrogen and oxygen atoms in total. The molecule has 3 rings (SSSR count). The van der Waals surface area contributed by atoms with Crippen molar-refractivity contribution in [2.24, 2.45) is 0 Å². The summed E-state index contributed by atoms with van der Waals surface area (Å²) in [4.78, 5) is 7.72. The molecule has 0 saturated heterocycles. The third-order valence-electron chi connectivity index (χ3n) is 2.62. The highest BCUT2D eigenvalue weighted by atomic mass is 35.5. The highest BCUT2D eigenvalue weighted by Crippen LogP contribution is 2.33. The standard InChI is InChI=1S/C12H6ClF3N4O/c13-11-18-9-8(5-17-20-9)10(19-11)21-7-3-1-2-6(4-7)12(14,15)16/h1-5H,(H,17,18,19,20). The first kappa shape index (κ1) is 13.6. The van der Waals surface area contributed by atoms with Gasteiger partial charge < -0.3 is 4.74 Å². The number of halogens is 4. The summed E-state index contributed by atoms with van der Waals surface area (Å²) in [6, 6.07) is 4.46. The van der Waals surface area contributed by atoms with E-state index in [4.69, 9.17) is 16.3 Å². The summed E-state index contributed by atoms with van der Waals surface area (Å²) in [5, 5.41) is 6.64. The molecular weight excluding hydrogens is 309 g/mol. The Balaban J connectivity index is 2.01. The number of aromatic nitrogens is 4. The van der Waals surface area contributed by atoms with Gasteiger partial charge in [-0.1, -0.05) is 6.07 Å². The molecule has 9 heteroatoms. The molecule has 0 spiro atoms. The molecule has 108 valence electrons. The third-order valence-corrected chi connectivity index (χ3v) is 2.79. The van der Waals surface area contributed by atoms with Crippen LogP contribution >= 0.6 is 11.6 Å². The zero-order valence-corrected chi connectivity index (χ0v) is 10.9. The van der Waals surface area contributed by atoms with Gasteiger partial charge in [0.25, 0.3) is 0 Å². The second-order valence-corrected chi connectivity index (χ2v) is 4.40. The average molecular weight is 315 g/mol. The maximum atomic E-state index is 12.7. The lowest BCUT2D eigenvalue weighted by molar-refractivity contribution is -0.137. The second kappa shape index (κ2) is 4.88. The van der Waals surface area contributed by atoms with E-state index in [1.807, 2.05) is 0 Å². The van der Waals surface area contributed by atoms with E-state index in [2.05, 4.69) is 20.2 Å². The third kappa shape index (κ3) is 2.75. The fraction of sp³-hybridized carbons (Fsp3) is 0.0833. The molecule has 0 aliphatic carbocycles. The van der Waals surface area contributed by atoms with Crippen LogP contribution in [0, 0.1) is 0 Å². The Morgan fingerprint density at radius 1 is 1.19 bits per heavy atom. The van der Waals surface area contributed by atoms with Crippen LogP contribution in [-0.2, 0) is 6.18 Å². The Morgan fingerprint density at radius 3 is 2.76 bits per heavy atom. The van der Waals surface area contributed by atoms with Gasteiger partial charge in [-0.05, 0) is 29.8 Å². The largest absolute Gasteiger partial charge is 0.438 e. The number of aromatic amines is 1. The number of nitrogens with one attached hydrogen (secondary N) is 1. The smallest absolute Gasteiger partial charge is 0.416 e. The van der Waals surface area contributed by atoms with Crippen LogP contribution in [0.1, 0.15) is 5.56 Å². The minimum absolute atomic E-state index is 0.0120. The van der Waals surface area contributed by atoms with Crippen molar-refractivity contribution in [2.75, 3.05) is 0 Å². The molecule has 21 heavy (non-hydrogen) atoms. The van der Waals surface area contributed by atoms with Crippen LogP contribution in [0.3, 0.4) is 0 Å². The van der Waals surface area contributed by atoms with E-state index in [1.54, 1.807) is 0 Å². The number of hydrogen-bond donors (Lipinski definition) is 1. The van der Waals surface area contributed by atoms with Crippen molar-refractivity contribution in [2.45, 2.75) is 6.18 Å². The highest BCUT2D eigenvalue weighted by Gasteiger charge is 2.30. The van der Waals surface area contributed by atoms with E-state index in [0.29, 0.717) is 11.0 Å². The number of rotatable bonds is 2. The summed E-state index contributed by atoms with van der Waals surface area (Å²) in [5.74, 6) is 0.0140. The molecule has 0 fully saturated rings. The Labute approximate surface area is 120 Å². The van der Waals surface area contributed by atoms with E-state index in [0.717, 1.165) is 12.1 Å². The lowest BCUT2D eigenvalue weighted by atomic mass is 10.2. The summed E-state index contributed by atoms with van der Waals surface area (Å²) >= 11 is 5.72. The molecule has 0 bridgehead atoms. The van der Waals surface area contributed by atoms with Crippen LogP contribution < -0.4 is 4.74 Å². The van der Waals surface area contributed by atoms with Gasteiger partial charge in [0, 0.05) is 0 Å². The van der Waals surface area contributed by atoms with Crippen LogP contribution in [0.25, 0.3) is 11.0 Å². The second-order valence-electron chi connectivity index (χ2n) is 4.06. The molecule has 2 aromatic heterocycles. The predicted molar refractivity (Wildman–Crippen MR) is 68.2 cm³/mol. The molecule has 0 radical (unpaired) electrons. The molecule has 0 saturated carbocycles. The maximum absolute atomic E-state index is 12.7. The van der Waals surface area contributed by atoms with Gasteiger partial charge in [-0.3, -0.25) is 5.10 Å². The minimum atomic E-state index is -4.45. The maximum Gasteiger partial charge on any atom is 0.416 e. The van der Waals surface area contributed by atoms with E-state index in [9.17, 15) is 13.2 Å². The van der Waals surface area contributed by atoms with Crippen molar-refractivity contribution in [3.05, 3.63) is 41.3 Å². The van der Waals surface area contributed by atoms with Crippen LogP contribution in [0.4, 0.5) is 13.2 Å². The SMILES string of the molecule is FC(F)(F)c1cccc(Oc2nc(Cl)nc3[nH]ncc23)c1. The molecule has 0 amide bonds. The van der Waals surface area contributed by atoms with Crippen LogP contribution in [0.2, 0.25) is 5.28 Å². The first-order chi connectivity index (χ1) is 9.93. The summed E-state index contributed by atoms with van der Waals surface area (Å²) in [7, 11) is 0. The van der Waals surface area contributed by atoms with E-state index < -0.39 is 11.7 Å². The molecule has 0 atom stereocenters. The minimum Gasteiger partial charge on any atom is -0.438 e. The van der Waals surface area contributed by atoms with Crippen molar-refractivity contribution in [1.82, 2.24) is 20.2 Å². The van der Waals surface area contributed by atoms with Gasteiger partial charge in [0.1, 0.15) is 11.1 Å². The van der Waals surface area contributed by atoms with Crippen LogP contribution in [0.5, 0.6) is 11.6 Å². The van der Waals surface area contributed by atoms with Crippen molar-refractivity contribution in [3.63, 3.8) is 0 Å². The summed E-state index contributed by atoms with van der Waals surface area (Å²) in [6.45, 7) is 0. The van der Waals surface area contributed by atoms with Gasteiger partial charge >= 0.3 is 6.18 Å². The Bertz CT molecular complexity index is 803. The normalized spacial score (nSPS) is 11.8. The molecule has 0 aliphatic rings. The van der Waals surface area contributed by atoms with Crippen molar-refractivity contribution >= 4 is 22.6 Å². The molecule has 0 unspecified atom stereocenters. The Hall–Kier alpha value is -2.35. The average Bonchev–Trinajstić information content (AvgIpc) is 2.86. The molecular formula is C12H6ClF3N4O. The fourth-order valence-electron chi connectivity index (χ4n) is 1.71. The van der Waals surface area contributed by atoms with E-state index >= 15 is 0 Å². The number of ether oxygens (including phenoxy) is 1. The zero-order chi connectivity index (χ0) is 15.0. The van der Waals surface area contributed by atoms with Gasteiger partial charge in [-0.25, -0.2) is 0 Å². The monoisotopic (exact) mass is 314 g/mol. The van der Waals surface area contributed by atoms with Crippen LogP contribution in [0.15, 0.2) is 30.5 Å². The number of fused-ring (bicyclic) bond motifs is 1. The number of benzene rings is 1. The summed E-state index contributed by atoms with van der Waals surface area (Å²) in [5.41, 5.74) is -0.486. The Morgan fingerprint density at radius 2 is 2.00 bits per heavy atom. The quantitative estimate of drug-likeness (QED) is 0.730. The van der Waals surface area contributed by atoms with Crippen molar-refractivity contribution < 1.29 is 17.9 Å². The first-order valence-electron chi connectivity index (χ1n) is 5.65. The van der Waals surface area contributed by atoms with Crippen molar-refractivity contribution in [3.8, 4) is 11.6 Å². The molecule has 1 N–H and O–H groups in total. The highest BCUT2D eigenvalue weighted by molar-refractivity contribution is 6.28. The number of hydrogen-bond acceptors (Lipinski definition) is 4. The summed E-state index contributed by atoms with van der Waals surface area (Å²) in [6.07, 6.45) is -3.05. The lowest BCUT2D eigenvalue weighted by Crippen LogP contribution is -2.04. The Kier molecular flexibility index (Phi) is 3.17. The molecule has 2 heterocycles. The van der Waals surface area contributed by atoms with Gasteiger partial charge in [0.15, 0.2) is 5.65 Å². The van der Waals surface area contributed by atoms with Gasteiger partial charge in [0.2, 0.25) is 11.2 Å². The number of nitrogens with zero attached hydrogens (tertiary/aromatic N) is 3. The lowest BCUT2D eigenvalue weighted by Gasteiger charge is -2.09. The van der Waals surface area contributed by atoms with Crippen LogP contribution in [-0.4, -0.2) is 20.2 Å². The van der Waals surface area contributed by atoms with Gasteiger partial charge in [0.05, 0.1) is 11.8 Å². The molecule has 0 aliphatic heterocycles. The predicted octanol–water partition coefficient (Wildman–Crippen LogP) is 3.82. The van der Waals surface area contributed by atoms with Gasteiger partial charge in [-0.2, -0.15) is 28.2 Å². The van der Waals surface area contributed by atoms with Gasteiger partial charge in [-0.15, -0.1) is 0 Å². The zero-order valence-electron chi connectivity index (χ0n) is 10.1.